The molecule has 0 radical (unpaired) electrons. The number of aliphatic hydroxyl groups is 1. The van der Waals surface area contributed by atoms with Crippen molar-refractivity contribution in [3.8, 4) is 5.75 Å². The first-order valence-corrected chi connectivity index (χ1v) is 13.7. The predicted octanol–water partition coefficient (Wildman–Crippen LogP) is 4.34. The first kappa shape index (κ1) is 29.4. The Bertz CT molecular complexity index is 1350. The highest BCUT2D eigenvalue weighted by molar-refractivity contribution is 7.89. The molecule has 38 heavy (non-hydrogen) atoms. The van der Waals surface area contributed by atoms with Crippen LogP contribution in [0.3, 0.4) is 0 Å². The minimum Gasteiger partial charge on any atom is -0.496 e. The molecule has 1 aliphatic rings. The normalized spacial score (nSPS) is 15.1. The second-order valence-electron chi connectivity index (χ2n) is 8.87. The molecule has 1 heterocycles. The number of aliphatic hydroxyl groups excluding tert-OH is 1. The third kappa shape index (κ3) is 7.46. The Hall–Kier alpha value is -3.14. The van der Waals surface area contributed by atoms with E-state index < -0.39 is 10.0 Å². The molecule has 0 saturated carbocycles. The summed E-state index contributed by atoms with van der Waals surface area (Å²) in [6, 6.07) is 20.6. The van der Waals surface area contributed by atoms with Gasteiger partial charge >= 0.3 is 0 Å². The van der Waals surface area contributed by atoms with E-state index in [1.807, 2.05) is 78.9 Å². The molecule has 0 amide bonds. The molecule has 0 aliphatic carbocycles. The van der Waals surface area contributed by atoms with E-state index in [1.54, 1.807) is 19.2 Å². The molecule has 3 aromatic rings. The second-order valence-corrected chi connectivity index (χ2v) is 10.8. The molecule has 3 N–H and O–H groups in total. The van der Waals surface area contributed by atoms with Crippen molar-refractivity contribution in [3.63, 3.8) is 0 Å². The number of sulfonamides is 1. The number of hydrogen-bond acceptors (Lipinski definition) is 6. The average molecular weight is 556 g/mol. The summed E-state index contributed by atoms with van der Waals surface area (Å²) in [4.78, 5) is 2.36. The van der Waals surface area contributed by atoms with E-state index in [-0.39, 0.29) is 19.0 Å². The van der Waals surface area contributed by atoms with E-state index in [0.29, 0.717) is 37.6 Å². The monoisotopic (exact) mass is 555 g/mol. The summed E-state index contributed by atoms with van der Waals surface area (Å²) < 4.78 is 33.1. The Kier molecular flexibility index (Phi) is 10.5. The van der Waals surface area contributed by atoms with Crippen molar-refractivity contribution in [2.75, 3.05) is 52.2 Å². The van der Waals surface area contributed by atoms with Crippen LogP contribution in [0.1, 0.15) is 22.3 Å². The van der Waals surface area contributed by atoms with Gasteiger partial charge in [-0.25, -0.2) is 8.42 Å². The topological polar surface area (TPSA) is 96.1 Å². The van der Waals surface area contributed by atoms with Crippen LogP contribution in [0.25, 0.3) is 24.3 Å². The van der Waals surface area contributed by atoms with Crippen LogP contribution in [0.15, 0.2) is 71.6 Å². The van der Waals surface area contributed by atoms with E-state index in [4.69, 9.17) is 15.6 Å². The third-order valence-corrected chi connectivity index (χ3v) is 8.30. The maximum Gasteiger partial charge on any atom is 0.243 e. The maximum absolute atomic E-state index is 13.0. The van der Waals surface area contributed by atoms with Gasteiger partial charge in [-0.1, -0.05) is 60.7 Å². The second kappa shape index (κ2) is 13.6. The van der Waals surface area contributed by atoms with Gasteiger partial charge in [-0.3, -0.25) is 4.90 Å². The van der Waals surface area contributed by atoms with Crippen LogP contribution in [-0.2, 0) is 10.0 Å². The minimum atomic E-state index is -3.53. The fourth-order valence-corrected chi connectivity index (χ4v) is 5.61. The quantitative estimate of drug-likeness (QED) is 0.301. The first-order valence-electron chi connectivity index (χ1n) is 12.2. The lowest BCUT2D eigenvalue weighted by Crippen LogP contribution is -2.49. The van der Waals surface area contributed by atoms with E-state index in [2.05, 4.69) is 4.90 Å². The highest BCUT2D eigenvalue weighted by atomic mass is 35.5. The number of ether oxygens (including phenoxy) is 1. The predicted molar refractivity (Wildman–Crippen MR) is 158 cm³/mol. The number of nitrogens with zero attached hydrogens (tertiary/aromatic N) is 2. The Morgan fingerprint density at radius 1 is 0.842 bits per heavy atom. The number of anilines is 1. The number of β-amino-alcohol motifs (C(OH)–C–C–N with tert-alkyl or cyclic N) is 1. The average Bonchev–Trinajstić information content (AvgIpc) is 2.92. The molecule has 1 fully saturated rings. The van der Waals surface area contributed by atoms with E-state index >= 15 is 0 Å². The molecule has 0 bridgehead atoms. The SMILES string of the molecule is COc1cc(C=Cc2ccc(S(=O)(=O)N3CCN(CCO)CC3)cc2)ccc1C=Cc1ccc(N)cc1.Cl. The summed E-state index contributed by atoms with van der Waals surface area (Å²) in [5, 5.41) is 9.08. The molecule has 4 rings (SSSR count). The zero-order valence-electron chi connectivity index (χ0n) is 21.4. The minimum absolute atomic E-state index is 0. The van der Waals surface area contributed by atoms with Crippen molar-refractivity contribution < 1.29 is 18.3 Å². The number of methoxy groups -OCH3 is 1. The summed E-state index contributed by atoms with van der Waals surface area (Å²) in [5.41, 5.74) is 10.4. The lowest BCUT2D eigenvalue weighted by atomic mass is 10.1. The summed E-state index contributed by atoms with van der Waals surface area (Å²) in [6.07, 6.45) is 7.93. The number of halogens is 1. The van der Waals surface area contributed by atoms with Gasteiger partial charge in [-0.15, -0.1) is 12.4 Å². The van der Waals surface area contributed by atoms with Crippen LogP contribution in [0.5, 0.6) is 5.75 Å². The molecule has 0 atom stereocenters. The van der Waals surface area contributed by atoms with Gasteiger partial charge in [0, 0.05) is 44.0 Å². The summed E-state index contributed by atoms with van der Waals surface area (Å²) >= 11 is 0. The number of hydrogen-bond donors (Lipinski definition) is 2. The van der Waals surface area contributed by atoms with Crippen molar-refractivity contribution in [3.05, 3.63) is 89.0 Å². The highest BCUT2D eigenvalue weighted by Gasteiger charge is 2.28. The number of nitrogens with two attached hydrogens (primary N) is 1. The molecule has 1 saturated heterocycles. The highest BCUT2D eigenvalue weighted by Crippen LogP contribution is 2.25. The zero-order chi connectivity index (χ0) is 26.3. The standard InChI is InChI=1S/C29H33N3O4S.ClH/c1-36-29-22-25(5-11-26(29)10-4-24-6-12-27(30)13-7-24)3-2-23-8-14-28(15-9-23)37(34,35)32-18-16-31(17-19-32)20-21-33;/h2-15,22,33H,16-21,30H2,1H3;1H. The van der Waals surface area contributed by atoms with Crippen molar-refractivity contribution in [2.45, 2.75) is 4.90 Å². The summed E-state index contributed by atoms with van der Waals surface area (Å²) in [6.45, 7) is 2.76. The lowest BCUT2D eigenvalue weighted by Gasteiger charge is -2.33. The zero-order valence-corrected chi connectivity index (χ0v) is 23.0. The molecule has 0 unspecified atom stereocenters. The van der Waals surface area contributed by atoms with Crippen molar-refractivity contribution >= 4 is 52.4 Å². The van der Waals surface area contributed by atoms with Crippen molar-refractivity contribution in [1.29, 1.82) is 0 Å². The fraction of sp³-hybridized carbons (Fsp3) is 0.241. The number of rotatable bonds is 9. The smallest absolute Gasteiger partial charge is 0.243 e. The third-order valence-electron chi connectivity index (χ3n) is 6.38. The van der Waals surface area contributed by atoms with Crippen LogP contribution in [0, 0.1) is 0 Å². The first-order chi connectivity index (χ1) is 17.9. The van der Waals surface area contributed by atoms with Crippen LogP contribution >= 0.6 is 12.4 Å². The van der Waals surface area contributed by atoms with Crippen LogP contribution < -0.4 is 10.5 Å². The largest absolute Gasteiger partial charge is 0.496 e. The molecule has 202 valence electrons. The maximum atomic E-state index is 13.0. The van der Waals surface area contributed by atoms with Gasteiger partial charge in [0.15, 0.2) is 0 Å². The van der Waals surface area contributed by atoms with Gasteiger partial charge < -0.3 is 15.6 Å². The summed E-state index contributed by atoms with van der Waals surface area (Å²) in [5.74, 6) is 0.759. The molecular formula is C29H34ClN3O4S. The Balaban J connectivity index is 0.00000400. The lowest BCUT2D eigenvalue weighted by molar-refractivity contribution is 0.151. The Labute approximate surface area is 231 Å². The molecule has 7 nitrogen and oxygen atoms in total. The number of piperazine rings is 1. The summed E-state index contributed by atoms with van der Waals surface area (Å²) in [7, 11) is -1.89. The van der Waals surface area contributed by atoms with Gasteiger partial charge in [0.2, 0.25) is 10.0 Å². The number of nitrogen functional groups attached to an aromatic ring is 1. The van der Waals surface area contributed by atoms with Gasteiger partial charge in [-0.05, 0) is 47.0 Å². The molecule has 0 aromatic heterocycles. The van der Waals surface area contributed by atoms with Crippen molar-refractivity contribution in [1.82, 2.24) is 9.21 Å². The fourth-order valence-electron chi connectivity index (χ4n) is 4.19. The van der Waals surface area contributed by atoms with E-state index in [9.17, 15) is 8.42 Å². The molecular weight excluding hydrogens is 522 g/mol. The molecule has 3 aromatic carbocycles. The van der Waals surface area contributed by atoms with Crippen LogP contribution in [-0.4, -0.2) is 69.2 Å². The van der Waals surface area contributed by atoms with Gasteiger partial charge in [0.05, 0.1) is 18.6 Å². The number of benzene rings is 3. The molecule has 0 spiro atoms. The van der Waals surface area contributed by atoms with Crippen LogP contribution in [0.4, 0.5) is 5.69 Å². The Morgan fingerprint density at radius 3 is 2.00 bits per heavy atom. The van der Waals surface area contributed by atoms with Crippen molar-refractivity contribution in [2.24, 2.45) is 0 Å². The van der Waals surface area contributed by atoms with Gasteiger partial charge in [0.1, 0.15) is 5.75 Å². The van der Waals surface area contributed by atoms with Crippen LogP contribution in [0.2, 0.25) is 0 Å². The molecule has 9 heteroatoms. The Morgan fingerprint density at radius 2 is 1.39 bits per heavy atom. The van der Waals surface area contributed by atoms with Gasteiger partial charge in [0.25, 0.3) is 0 Å². The van der Waals surface area contributed by atoms with E-state index in [0.717, 1.165) is 33.7 Å². The molecule has 1 aliphatic heterocycles. The van der Waals surface area contributed by atoms with E-state index in [1.165, 1.54) is 4.31 Å². The van der Waals surface area contributed by atoms with Gasteiger partial charge in [-0.2, -0.15) is 4.31 Å².